The number of carbonyl (C=O) groups is 1. The van der Waals surface area contributed by atoms with Crippen LogP contribution in [0, 0.1) is 16.7 Å². The summed E-state index contributed by atoms with van der Waals surface area (Å²) in [5.41, 5.74) is 1.26. The molecule has 2 aliphatic rings. The molecule has 0 saturated heterocycles. The number of carbonyl (C=O) groups excluding carboxylic acids is 1. The second-order valence-electron chi connectivity index (χ2n) is 8.20. The average Bonchev–Trinajstić information content (AvgIpc) is 2.87. The Morgan fingerprint density at radius 3 is 2.64 bits per heavy atom. The van der Waals surface area contributed by atoms with E-state index in [1.54, 1.807) is 12.1 Å². The summed E-state index contributed by atoms with van der Waals surface area (Å²) in [6.07, 6.45) is 4.29. The molecule has 0 radical (unpaired) electrons. The van der Waals surface area contributed by atoms with Crippen molar-refractivity contribution in [3.63, 3.8) is 0 Å². The number of halogens is 1. The van der Waals surface area contributed by atoms with Crippen molar-refractivity contribution >= 4 is 21.9 Å². The van der Waals surface area contributed by atoms with Crippen LogP contribution in [0.3, 0.4) is 0 Å². The van der Waals surface area contributed by atoms with E-state index in [0.717, 1.165) is 22.9 Å². The first-order chi connectivity index (χ1) is 11.7. The highest BCUT2D eigenvalue weighted by Crippen LogP contribution is 2.66. The summed E-state index contributed by atoms with van der Waals surface area (Å²) in [7, 11) is 1.51. The molecule has 3 atom stereocenters. The summed E-state index contributed by atoms with van der Waals surface area (Å²) >= 11 is 3.43. The van der Waals surface area contributed by atoms with Crippen LogP contribution in [0.25, 0.3) is 0 Å². The molecule has 0 heterocycles. The molecule has 3 rings (SSSR count). The number of hydrogen-bond acceptors (Lipinski definition) is 4. The summed E-state index contributed by atoms with van der Waals surface area (Å²) in [4.78, 5) is 12.4. The van der Waals surface area contributed by atoms with Crippen LogP contribution in [0.15, 0.2) is 16.6 Å². The molecule has 0 amide bonds. The van der Waals surface area contributed by atoms with E-state index >= 15 is 0 Å². The average molecular weight is 411 g/mol. The van der Waals surface area contributed by atoms with Gasteiger partial charge in [0.2, 0.25) is 0 Å². The van der Waals surface area contributed by atoms with Crippen LogP contribution in [0.1, 0.15) is 52.0 Å². The van der Waals surface area contributed by atoms with E-state index in [1.165, 1.54) is 13.5 Å². The Morgan fingerprint density at radius 2 is 2.08 bits per heavy atom. The van der Waals surface area contributed by atoms with E-state index in [1.807, 2.05) is 0 Å². The van der Waals surface area contributed by atoms with Gasteiger partial charge in [-0.05, 0) is 54.7 Å². The quantitative estimate of drug-likeness (QED) is 0.704. The maximum Gasteiger partial charge on any atom is 0.306 e. The molecule has 2 fully saturated rings. The molecule has 0 unspecified atom stereocenters. The molecule has 0 aliphatic heterocycles. The van der Waals surface area contributed by atoms with Gasteiger partial charge in [0, 0.05) is 16.3 Å². The summed E-state index contributed by atoms with van der Waals surface area (Å²) in [6.45, 7) is 6.91. The summed E-state index contributed by atoms with van der Waals surface area (Å²) in [5.74, 6) is 1.01. The number of hydrogen-bond donors (Lipinski definition) is 1. The molecule has 5 heteroatoms. The lowest BCUT2D eigenvalue weighted by Crippen LogP contribution is -2.38. The van der Waals surface area contributed by atoms with Crippen LogP contribution < -0.4 is 4.74 Å². The number of methoxy groups -OCH3 is 1. The Hall–Kier alpha value is -1.23. The van der Waals surface area contributed by atoms with Gasteiger partial charge in [-0.3, -0.25) is 4.79 Å². The third-order valence-electron chi connectivity index (χ3n) is 6.93. The van der Waals surface area contributed by atoms with Crippen LogP contribution in [-0.4, -0.2) is 24.3 Å². The Labute approximate surface area is 158 Å². The first-order valence-electron chi connectivity index (χ1n) is 8.94. The van der Waals surface area contributed by atoms with Crippen molar-refractivity contribution in [1.29, 1.82) is 0 Å². The maximum atomic E-state index is 12.4. The summed E-state index contributed by atoms with van der Waals surface area (Å²) < 4.78 is 11.8. The minimum absolute atomic E-state index is 0.0338. The van der Waals surface area contributed by atoms with Gasteiger partial charge >= 0.3 is 5.97 Å². The molecule has 4 nitrogen and oxygen atoms in total. The normalized spacial score (nSPS) is 29.6. The van der Waals surface area contributed by atoms with Gasteiger partial charge in [0.1, 0.15) is 6.10 Å². The van der Waals surface area contributed by atoms with E-state index in [4.69, 9.17) is 9.47 Å². The van der Waals surface area contributed by atoms with E-state index in [9.17, 15) is 9.90 Å². The highest BCUT2D eigenvalue weighted by Gasteiger charge is 2.62. The molecule has 1 N–H and O–H groups in total. The largest absolute Gasteiger partial charge is 0.504 e. The Balaban J connectivity index is 1.61. The van der Waals surface area contributed by atoms with Gasteiger partial charge in [-0.25, -0.2) is 0 Å². The van der Waals surface area contributed by atoms with Crippen LogP contribution in [0.5, 0.6) is 11.5 Å². The molecule has 0 spiro atoms. The van der Waals surface area contributed by atoms with E-state index in [0.29, 0.717) is 24.5 Å². The predicted octanol–water partition coefficient (Wildman–Crippen LogP) is 4.85. The SMILES string of the molecule is COc1cc(CCC(=O)O[C@H]2C[C@H]3CC[C@]2(C)C3(C)C)c(Br)cc1O. The molecule has 2 bridgehead atoms. The van der Waals surface area contributed by atoms with Crippen molar-refractivity contribution < 1.29 is 19.4 Å². The highest BCUT2D eigenvalue weighted by molar-refractivity contribution is 9.10. The number of phenolic OH excluding ortho intramolecular Hbond substituents is 1. The predicted molar refractivity (Wildman–Crippen MR) is 99.8 cm³/mol. The van der Waals surface area contributed by atoms with Crippen LogP contribution in [0.2, 0.25) is 0 Å². The number of aryl methyl sites for hydroxylation is 1. The lowest BCUT2D eigenvalue weighted by molar-refractivity contribution is -0.156. The minimum atomic E-state index is -0.145. The zero-order valence-electron chi connectivity index (χ0n) is 15.4. The zero-order valence-corrected chi connectivity index (χ0v) is 17.0. The second-order valence-corrected chi connectivity index (χ2v) is 9.06. The molecule has 2 saturated carbocycles. The van der Waals surface area contributed by atoms with Gasteiger partial charge in [-0.2, -0.15) is 0 Å². The molecular formula is C20H27BrO4. The monoisotopic (exact) mass is 410 g/mol. The number of phenols is 1. The fraction of sp³-hybridized carbons (Fsp3) is 0.650. The third kappa shape index (κ3) is 3.05. The van der Waals surface area contributed by atoms with Crippen molar-refractivity contribution in [2.45, 2.75) is 59.0 Å². The van der Waals surface area contributed by atoms with Crippen molar-refractivity contribution in [3.8, 4) is 11.5 Å². The van der Waals surface area contributed by atoms with Gasteiger partial charge in [-0.1, -0.05) is 36.7 Å². The van der Waals surface area contributed by atoms with E-state index in [-0.39, 0.29) is 28.7 Å². The molecule has 1 aromatic carbocycles. The lowest BCUT2D eigenvalue weighted by Gasteiger charge is -2.38. The fourth-order valence-corrected chi connectivity index (χ4v) is 5.23. The Morgan fingerprint density at radius 1 is 1.36 bits per heavy atom. The molecular weight excluding hydrogens is 384 g/mol. The number of ether oxygens (including phenoxy) is 2. The molecule has 138 valence electrons. The lowest BCUT2D eigenvalue weighted by atomic mass is 9.70. The van der Waals surface area contributed by atoms with Crippen LogP contribution >= 0.6 is 15.9 Å². The van der Waals surface area contributed by atoms with Crippen molar-refractivity contribution in [3.05, 3.63) is 22.2 Å². The second kappa shape index (κ2) is 6.49. The number of rotatable bonds is 5. The third-order valence-corrected chi connectivity index (χ3v) is 7.67. The standard InChI is InChI=1S/C20H27BrO4/c1-19(2)13-7-8-20(19,3)17(10-13)25-18(23)6-5-12-9-16(24-4)15(22)11-14(12)21/h9,11,13,17,22H,5-8,10H2,1-4H3/t13-,17+,20+/m1/s1. The van der Waals surface area contributed by atoms with Crippen molar-refractivity contribution in [2.75, 3.05) is 7.11 Å². The number of fused-ring (bicyclic) bond motifs is 2. The molecule has 25 heavy (non-hydrogen) atoms. The fourth-order valence-electron chi connectivity index (χ4n) is 4.70. The molecule has 2 aliphatic carbocycles. The number of esters is 1. The minimum Gasteiger partial charge on any atom is -0.504 e. The van der Waals surface area contributed by atoms with Crippen molar-refractivity contribution in [1.82, 2.24) is 0 Å². The number of aromatic hydroxyl groups is 1. The van der Waals surface area contributed by atoms with Gasteiger partial charge < -0.3 is 14.6 Å². The van der Waals surface area contributed by atoms with Gasteiger partial charge in [0.15, 0.2) is 11.5 Å². The first-order valence-corrected chi connectivity index (χ1v) is 9.73. The van der Waals surface area contributed by atoms with Crippen LogP contribution in [0.4, 0.5) is 0 Å². The summed E-state index contributed by atoms with van der Waals surface area (Å²) in [5, 5.41) is 9.77. The van der Waals surface area contributed by atoms with Gasteiger partial charge in [-0.15, -0.1) is 0 Å². The van der Waals surface area contributed by atoms with Gasteiger partial charge in [0.25, 0.3) is 0 Å². The maximum absolute atomic E-state index is 12.4. The Kier molecular flexibility index (Phi) is 4.82. The Bertz CT molecular complexity index is 685. The van der Waals surface area contributed by atoms with E-state index in [2.05, 4.69) is 36.7 Å². The van der Waals surface area contributed by atoms with Gasteiger partial charge in [0.05, 0.1) is 7.11 Å². The number of benzene rings is 1. The topological polar surface area (TPSA) is 55.8 Å². The first kappa shape index (κ1) is 18.6. The zero-order chi connectivity index (χ0) is 18.4. The molecule has 1 aromatic rings. The smallest absolute Gasteiger partial charge is 0.306 e. The van der Waals surface area contributed by atoms with Crippen molar-refractivity contribution in [2.24, 2.45) is 16.7 Å². The van der Waals surface area contributed by atoms with E-state index < -0.39 is 0 Å². The van der Waals surface area contributed by atoms with Crippen LogP contribution in [-0.2, 0) is 16.0 Å². The molecule has 0 aromatic heterocycles. The highest BCUT2D eigenvalue weighted by atomic mass is 79.9. The summed E-state index contributed by atoms with van der Waals surface area (Å²) in [6, 6.07) is 3.35.